The van der Waals surface area contributed by atoms with E-state index < -0.39 is 0 Å². The average molecular weight is 509 g/mol. The summed E-state index contributed by atoms with van der Waals surface area (Å²) in [5.41, 5.74) is 6.48. The van der Waals surface area contributed by atoms with Gasteiger partial charge >= 0.3 is 0 Å². The number of carbonyl (C=O) groups excluding carboxylic acids is 1. The van der Waals surface area contributed by atoms with E-state index in [2.05, 4.69) is 89.5 Å². The van der Waals surface area contributed by atoms with Crippen molar-refractivity contribution in [2.24, 2.45) is 0 Å². The Balaban J connectivity index is 1.66. The fourth-order valence-corrected chi connectivity index (χ4v) is 5.69. The number of imidazole rings is 1. The molecule has 0 saturated heterocycles. The topological polar surface area (TPSA) is 41.4 Å². The number of aryl methyl sites for hydroxylation is 3. The molecule has 2 aromatic carbocycles. The van der Waals surface area contributed by atoms with Gasteiger partial charge in [0, 0.05) is 30.7 Å². The molecular weight excluding hydrogens is 476 g/mol. The second-order valence-electron chi connectivity index (χ2n) is 8.80. The van der Waals surface area contributed by atoms with E-state index in [1.165, 1.54) is 16.7 Å². The van der Waals surface area contributed by atoms with Gasteiger partial charge in [0.05, 0.1) is 11.4 Å². The molecule has 0 aliphatic carbocycles. The number of halogens is 1. The molecule has 1 aliphatic rings. The highest BCUT2D eigenvalue weighted by Gasteiger charge is 2.33. The number of hydrogen-bond donors (Lipinski definition) is 0. The second-order valence-corrected chi connectivity index (χ2v) is 9.66. The summed E-state index contributed by atoms with van der Waals surface area (Å²) in [4.78, 5) is 23.0. The lowest BCUT2D eigenvalue weighted by Crippen LogP contribution is -2.35. The van der Waals surface area contributed by atoms with Crippen LogP contribution in [0.3, 0.4) is 0 Å². The van der Waals surface area contributed by atoms with Crippen molar-refractivity contribution in [3.63, 3.8) is 0 Å². The standard InChI is InChI=1S/C27H33BrN4O/c1-5-13-30(14-12-21-10-8-7-9-11-21)26(33)25-23(6-2)29-27-31(15-16-32(25)27)24-20(4)17-19(3)18-22(24)28/h7-11,17-18H,5-6,12-16H2,1-4H3. The van der Waals surface area contributed by atoms with Crippen LogP contribution in [-0.2, 0) is 19.4 Å². The maximum Gasteiger partial charge on any atom is 0.272 e. The van der Waals surface area contributed by atoms with E-state index >= 15 is 0 Å². The smallest absolute Gasteiger partial charge is 0.272 e. The summed E-state index contributed by atoms with van der Waals surface area (Å²) in [6, 6.07) is 14.7. The van der Waals surface area contributed by atoms with Gasteiger partial charge < -0.3 is 14.4 Å². The van der Waals surface area contributed by atoms with Crippen molar-refractivity contribution in [3.8, 4) is 0 Å². The van der Waals surface area contributed by atoms with E-state index in [9.17, 15) is 4.79 Å². The molecule has 5 nitrogen and oxygen atoms in total. The Morgan fingerprint density at radius 2 is 1.85 bits per heavy atom. The van der Waals surface area contributed by atoms with E-state index in [-0.39, 0.29) is 5.91 Å². The Labute approximate surface area is 205 Å². The minimum absolute atomic E-state index is 0.102. The summed E-state index contributed by atoms with van der Waals surface area (Å²) < 4.78 is 3.20. The molecular formula is C27H33BrN4O. The Bertz CT molecular complexity index is 1120. The molecule has 0 bridgehead atoms. The van der Waals surface area contributed by atoms with Crippen LogP contribution in [0.15, 0.2) is 46.9 Å². The number of carbonyl (C=O) groups is 1. The van der Waals surface area contributed by atoms with Crippen LogP contribution in [0.1, 0.15) is 53.1 Å². The Morgan fingerprint density at radius 1 is 1.09 bits per heavy atom. The fraction of sp³-hybridized carbons (Fsp3) is 0.407. The highest BCUT2D eigenvalue weighted by molar-refractivity contribution is 9.10. The first-order chi connectivity index (χ1) is 15.9. The Morgan fingerprint density at radius 3 is 2.52 bits per heavy atom. The Hall–Kier alpha value is -2.60. The van der Waals surface area contributed by atoms with Crippen molar-refractivity contribution in [1.29, 1.82) is 0 Å². The molecule has 0 saturated carbocycles. The molecule has 3 aromatic rings. The van der Waals surface area contributed by atoms with Crippen LogP contribution >= 0.6 is 15.9 Å². The lowest BCUT2D eigenvalue weighted by Gasteiger charge is -2.23. The first-order valence-electron chi connectivity index (χ1n) is 11.9. The molecule has 0 fully saturated rings. The van der Waals surface area contributed by atoms with Crippen molar-refractivity contribution in [1.82, 2.24) is 14.5 Å². The molecule has 0 radical (unpaired) electrons. The number of benzene rings is 2. The molecule has 1 amide bonds. The SMILES string of the molecule is CCCN(CCc1ccccc1)C(=O)c1c(CC)nc2n1CCN2c1c(C)cc(C)cc1Br. The third-order valence-corrected chi connectivity index (χ3v) is 6.91. The highest BCUT2D eigenvalue weighted by atomic mass is 79.9. The first kappa shape index (κ1) is 23.6. The van der Waals surface area contributed by atoms with Gasteiger partial charge in [-0.3, -0.25) is 4.79 Å². The van der Waals surface area contributed by atoms with Gasteiger partial charge in [-0.1, -0.05) is 50.2 Å². The number of amides is 1. The van der Waals surface area contributed by atoms with Crippen molar-refractivity contribution in [3.05, 3.63) is 75.0 Å². The number of aromatic nitrogens is 2. The van der Waals surface area contributed by atoms with Crippen LogP contribution < -0.4 is 4.90 Å². The van der Waals surface area contributed by atoms with Gasteiger partial charge in [0.25, 0.3) is 5.91 Å². The van der Waals surface area contributed by atoms with Crippen LogP contribution in [-0.4, -0.2) is 40.0 Å². The molecule has 174 valence electrons. The van der Waals surface area contributed by atoms with Crippen molar-refractivity contribution >= 4 is 33.5 Å². The molecule has 4 rings (SSSR count). The van der Waals surface area contributed by atoms with Gasteiger partial charge in [0.15, 0.2) is 0 Å². The molecule has 6 heteroatoms. The molecule has 33 heavy (non-hydrogen) atoms. The summed E-state index contributed by atoms with van der Waals surface area (Å²) in [7, 11) is 0. The van der Waals surface area contributed by atoms with Crippen LogP contribution in [0.25, 0.3) is 0 Å². The van der Waals surface area contributed by atoms with Crippen molar-refractivity contribution in [2.45, 2.75) is 53.5 Å². The van der Waals surface area contributed by atoms with Gasteiger partial charge in [-0.05, 0) is 71.8 Å². The highest BCUT2D eigenvalue weighted by Crippen LogP contribution is 2.39. The number of hydrogen-bond acceptors (Lipinski definition) is 3. The molecule has 0 atom stereocenters. The molecule has 0 N–H and O–H groups in total. The van der Waals surface area contributed by atoms with Gasteiger partial charge in [-0.2, -0.15) is 0 Å². The molecule has 1 aliphatic heterocycles. The van der Waals surface area contributed by atoms with Gasteiger partial charge in [0.2, 0.25) is 5.95 Å². The Kier molecular flexibility index (Phi) is 7.23. The van der Waals surface area contributed by atoms with Gasteiger partial charge in [0.1, 0.15) is 5.69 Å². The summed E-state index contributed by atoms with van der Waals surface area (Å²) in [6.07, 6.45) is 2.53. The minimum atomic E-state index is 0.102. The molecule has 0 unspecified atom stereocenters. The third kappa shape index (κ3) is 4.72. The fourth-order valence-electron chi connectivity index (χ4n) is 4.80. The average Bonchev–Trinajstić information content (AvgIpc) is 3.35. The molecule has 2 heterocycles. The number of rotatable bonds is 8. The van der Waals surface area contributed by atoms with Crippen molar-refractivity contribution < 1.29 is 4.79 Å². The maximum atomic E-state index is 13.8. The summed E-state index contributed by atoms with van der Waals surface area (Å²) in [5.74, 6) is 0.979. The largest absolute Gasteiger partial charge is 0.337 e. The van der Waals surface area contributed by atoms with Crippen LogP contribution in [0.5, 0.6) is 0 Å². The summed E-state index contributed by atoms with van der Waals surface area (Å²) >= 11 is 3.76. The lowest BCUT2D eigenvalue weighted by molar-refractivity contribution is 0.0746. The lowest BCUT2D eigenvalue weighted by atomic mass is 10.1. The van der Waals surface area contributed by atoms with Crippen LogP contribution in [0.2, 0.25) is 0 Å². The summed E-state index contributed by atoms with van der Waals surface area (Å²) in [6.45, 7) is 11.5. The maximum absolute atomic E-state index is 13.8. The van der Waals surface area contributed by atoms with E-state index in [0.717, 1.165) is 66.4 Å². The molecule has 1 aromatic heterocycles. The van der Waals surface area contributed by atoms with Crippen LogP contribution in [0, 0.1) is 13.8 Å². The predicted molar refractivity (Wildman–Crippen MR) is 139 cm³/mol. The zero-order valence-corrected chi connectivity index (χ0v) is 21.7. The van der Waals surface area contributed by atoms with E-state index in [4.69, 9.17) is 4.98 Å². The summed E-state index contributed by atoms with van der Waals surface area (Å²) in [5, 5.41) is 0. The predicted octanol–water partition coefficient (Wildman–Crippen LogP) is 6.07. The number of fused-ring (bicyclic) bond motifs is 1. The third-order valence-electron chi connectivity index (χ3n) is 6.31. The number of anilines is 2. The van der Waals surface area contributed by atoms with Crippen LogP contribution in [0.4, 0.5) is 11.6 Å². The monoisotopic (exact) mass is 508 g/mol. The van der Waals surface area contributed by atoms with Gasteiger partial charge in [-0.25, -0.2) is 4.98 Å². The van der Waals surface area contributed by atoms with E-state index in [0.29, 0.717) is 6.54 Å². The quantitative estimate of drug-likeness (QED) is 0.370. The van der Waals surface area contributed by atoms with Crippen molar-refractivity contribution in [2.75, 3.05) is 24.5 Å². The van der Waals surface area contributed by atoms with E-state index in [1.807, 2.05) is 11.0 Å². The minimum Gasteiger partial charge on any atom is -0.337 e. The first-order valence-corrected chi connectivity index (χ1v) is 12.7. The number of nitrogens with zero attached hydrogens (tertiary/aromatic N) is 4. The zero-order valence-electron chi connectivity index (χ0n) is 20.1. The zero-order chi connectivity index (χ0) is 23.5. The normalized spacial score (nSPS) is 12.8. The second kappa shape index (κ2) is 10.1. The molecule has 0 spiro atoms. The van der Waals surface area contributed by atoms with Gasteiger partial charge in [-0.15, -0.1) is 0 Å². The van der Waals surface area contributed by atoms with E-state index in [1.54, 1.807) is 0 Å².